The molecule has 31 heavy (non-hydrogen) atoms. The van der Waals surface area contributed by atoms with Crippen LogP contribution < -0.4 is 16.2 Å². The number of hydrogen-bond acceptors (Lipinski definition) is 4. The molecule has 0 fully saturated rings. The van der Waals surface area contributed by atoms with Gasteiger partial charge in [-0.1, -0.05) is 18.2 Å². The summed E-state index contributed by atoms with van der Waals surface area (Å²) in [4.78, 5) is 19.8. The maximum atomic E-state index is 13.2. The van der Waals surface area contributed by atoms with Gasteiger partial charge in [0.05, 0.1) is 11.4 Å². The summed E-state index contributed by atoms with van der Waals surface area (Å²) >= 11 is 0. The number of carbonyl (C=O) groups excluding carboxylic acids is 1. The summed E-state index contributed by atoms with van der Waals surface area (Å²) in [5.41, 5.74) is 8.74. The van der Waals surface area contributed by atoms with Gasteiger partial charge < -0.3 is 16.0 Å². The lowest BCUT2D eigenvalue weighted by molar-refractivity contribution is 0.102. The van der Waals surface area contributed by atoms with Crippen molar-refractivity contribution in [1.82, 2.24) is 9.97 Å². The third kappa shape index (κ3) is 4.23. The molecule has 0 aliphatic rings. The number of nitrogens with one attached hydrogen (secondary N) is 2. The number of anilines is 2. The fraction of sp³-hybridized carbons (Fsp3) is 0. The van der Waals surface area contributed by atoms with Crippen molar-refractivity contribution in [2.24, 2.45) is 5.14 Å². The molecule has 4 rings (SSSR count). The first-order valence-electron chi connectivity index (χ1n) is 9.30. The van der Waals surface area contributed by atoms with Gasteiger partial charge in [0, 0.05) is 33.0 Å². The molecular formula is C22H20FN5O2S. The van der Waals surface area contributed by atoms with Crippen LogP contribution in [-0.2, 0) is 10.1 Å². The van der Waals surface area contributed by atoms with Crippen LogP contribution in [0.2, 0.25) is 0 Å². The minimum atomic E-state index is -3.36. The molecule has 7 nitrogen and oxygen atoms in total. The van der Waals surface area contributed by atoms with Crippen LogP contribution in [0.5, 0.6) is 0 Å². The number of benzene rings is 3. The van der Waals surface area contributed by atoms with Gasteiger partial charge in [-0.2, -0.15) is 0 Å². The maximum Gasteiger partial charge on any atom is 0.255 e. The van der Waals surface area contributed by atoms with E-state index < -0.39 is 10.1 Å². The molecule has 0 atom stereocenters. The van der Waals surface area contributed by atoms with Crippen molar-refractivity contribution < 1.29 is 13.4 Å². The quantitative estimate of drug-likeness (QED) is 0.242. The fourth-order valence-corrected chi connectivity index (χ4v) is 4.42. The molecule has 0 aliphatic carbocycles. The SMILES string of the molecule is Nc1ccc(-c2ccc(F)cc2)cc1NC(=O)c1ccc([SH](N)(=O)c2ncc[nH]2)cc1. The molecule has 1 aromatic heterocycles. The number of aromatic nitrogens is 2. The van der Waals surface area contributed by atoms with Crippen LogP contribution in [0.25, 0.3) is 11.1 Å². The van der Waals surface area contributed by atoms with Gasteiger partial charge in [0.25, 0.3) is 5.91 Å². The van der Waals surface area contributed by atoms with E-state index in [0.29, 0.717) is 21.8 Å². The van der Waals surface area contributed by atoms with Crippen molar-refractivity contribution in [3.05, 3.63) is 90.5 Å². The number of halogens is 1. The zero-order valence-corrected chi connectivity index (χ0v) is 17.1. The second kappa shape index (κ2) is 8.13. The highest BCUT2D eigenvalue weighted by atomic mass is 32.3. The maximum absolute atomic E-state index is 13.2. The van der Waals surface area contributed by atoms with Gasteiger partial charge in [0.15, 0.2) is 5.16 Å². The minimum absolute atomic E-state index is 0.190. The Labute approximate surface area is 178 Å². The van der Waals surface area contributed by atoms with Crippen molar-refractivity contribution in [1.29, 1.82) is 0 Å². The summed E-state index contributed by atoms with van der Waals surface area (Å²) in [7, 11) is -3.36. The predicted molar refractivity (Wildman–Crippen MR) is 119 cm³/mol. The molecule has 6 N–H and O–H groups in total. The van der Waals surface area contributed by atoms with Gasteiger partial charge in [-0.15, -0.1) is 0 Å². The van der Waals surface area contributed by atoms with Crippen molar-refractivity contribution >= 4 is 27.4 Å². The highest BCUT2D eigenvalue weighted by Crippen LogP contribution is 2.28. The topological polar surface area (TPSA) is 127 Å². The number of thiol groups is 1. The number of nitrogens with two attached hydrogens (primary N) is 2. The second-order valence-corrected chi connectivity index (χ2v) is 9.14. The van der Waals surface area contributed by atoms with E-state index in [4.69, 9.17) is 10.9 Å². The zero-order valence-electron chi connectivity index (χ0n) is 16.2. The van der Waals surface area contributed by atoms with E-state index in [-0.39, 0.29) is 16.9 Å². The summed E-state index contributed by atoms with van der Waals surface area (Å²) < 4.78 is 26.0. The minimum Gasteiger partial charge on any atom is -0.397 e. The van der Waals surface area contributed by atoms with Crippen LogP contribution in [0.3, 0.4) is 0 Å². The molecule has 158 valence electrons. The van der Waals surface area contributed by atoms with Crippen molar-refractivity contribution in [3.8, 4) is 11.1 Å². The lowest BCUT2D eigenvalue weighted by Gasteiger charge is -2.17. The third-order valence-electron chi connectivity index (χ3n) is 4.79. The highest BCUT2D eigenvalue weighted by Gasteiger charge is 2.18. The van der Waals surface area contributed by atoms with Gasteiger partial charge in [-0.3, -0.25) is 14.1 Å². The first kappa shape index (κ1) is 20.5. The fourth-order valence-electron chi connectivity index (χ4n) is 3.08. The van der Waals surface area contributed by atoms with E-state index in [1.54, 1.807) is 36.5 Å². The van der Waals surface area contributed by atoms with Crippen LogP contribution in [-0.4, -0.2) is 20.1 Å². The van der Waals surface area contributed by atoms with Gasteiger partial charge in [-0.25, -0.2) is 9.37 Å². The largest absolute Gasteiger partial charge is 0.397 e. The molecule has 9 heteroatoms. The number of imidazole rings is 1. The Hall–Kier alpha value is -3.82. The van der Waals surface area contributed by atoms with Crippen molar-refractivity contribution in [3.63, 3.8) is 0 Å². The molecule has 0 radical (unpaired) electrons. The summed E-state index contributed by atoms with van der Waals surface area (Å²) in [6.45, 7) is 0. The molecule has 0 saturated heterocycles. The standard InChI is InChI=1S/C22H20FN5O2S/c23-17-6-1-14(2-7-17)16-5-10-19(24)20(13-16)28-21(29)15-3-8-18(9-4-15)31(25,30)22-26-11-12-27-22/h1-13,31H,24H2,(H2,25,30)(H,26,27)(H,28,29). The Balaban J connectivity index is 1.55. The van der Waals surface area contributed by atoms with E-state index in [9.17, 15) is 13.4 Å². The lowest BCUT2D eigenvalue weighted by Crippen LogP contribution is -2.25. The summed E-state index contributed by atoms with van der Waals surface area (Å²) in [6.07, 6.45) is 3.02. The Kier molecular flexibility index (Phi) is 5.37. The third-order valence-corrected chi connectivity index (χ3v) is 6.73. The molecule has 0 saturated carbocycles. The van der Waals surface area contributed by atoms with E-state index in [2.05, 4.69) is 15.3 Å². The normalized spacial score (nSPS) is 11.8. The average molecular weight is 438 g/mol. The van der Waals surface area contributed by atoms with Crippen molar-refractivity contribution in [2.75, 3.05) is 11.1 Å². The van der Waals surface area contributed by atoms with Gasteiger partial charge in [0.1, 0.15) is 5.82 Å². The molecule has 0 aliphatic heterocycles. The van der Waals surface area contributed by atoms with E-state index in [1.807, 2.05) is 0 Å². The van der Waals surface area contributed by atoms with E-state index in [1.165, 1.54) is 42.6 Å². The smallest absolute Gasteiger partial charge is 0.255 e. The first-order valence-corrected chi connectivity index (χ1v) is 11.1. The van der Waals surface area contributed by atoms with Gasteiger partial charge >= 0.3 is 0 Å². The second-order valence-electron chi connectivity index (χ2n) is 6.88. The van der Waals surface area contributed by atoms with Crippen LogP contribution >= 0.6 is 0 Å². The number of hydrogen-bond donors (Lipinski definition) is 5. The molecule has 0 unspecified atom stereocenters. The monoisotopic (exact) mass is 437 g/mol. The number of aromatic amines is 1. The van der Waals surface area contributed by atoms with Crippen LogP contribution in [0.15, 0.2) is 89.2 Å². The van der Waals surface area contributed by atoms with E-state index in [0.717, 1.165) is 11.1 Å². The van der Waals surface area contributed by atoms with E-state index >= 15 is 0 Å². The summed E-state index contributed by atoms with van der Waals surface area (Å²) in [5.74, 6) is -0.718. The number of H-pyrrole nitrogens is 1. The number of carbonyl (C=O) groups is 1. The molecule has 3 aromatic carbocycles. The Bertz CT molecular complexity index is 1270. The number of amides is 1. The summed E-state index contributed by atoms with van der Waals surface area (Å²) in [5, 5.41) is 8.94. The zero-order chi connectivity index (χ0) is 22.0. The summed E-state index contributed by atoms with van der Waals surface area (Å²) in [6, 6.07) is 17.4. The molecule has 1 heterocycles. The predicted octanol–water partition coefficient (Wildman–Crippen LogP) is 3.36. The van der Waals surface area contributed by atoms with Gasteiger partial charge in [-0.05, 0) is 59.7 Å². The lowest BCUT2D eigenvalue weighted by atomic mass is 10.0. The van der Waals surface area contributed by atoms with Crippen LogP contribution in [0, 0.1) is 5.82 Å². The average Bonchev–Trinajstić information content (AvgIpc) is 3.32. The molecule has 4 aromatic rings. The van der Waals surface area contributed by atoms with Crippen LogP contribution in [0.1, 0.15) is 10.4 Å². The molecule has 0 spiro atoms. The van der Waals surface area contributed by atoms with Crippen LogP contribution in [0.4, 0.5) is 15.8 Å². The number of nitrogens with zero attached hydrogens (tertiary/aromatic N) is 1. The number of nitrogen functional groups attached to an aromatic ring is 1. The molecule has 0 bridgehead atoms. The van der Waals surface area contributed by atoms with Gasteiger partial charge in [0.2, 0.25) is 0 Å². The Morgan fingerprint density at radius 2 is 1.68 bits per heavy atom. The Morgan fingerprint density at radius 3 is 2.32 bits per heavy atom. The highest BCUT2D eigenvalue weighted by molar-refractivity contribution is 8.00. The van der Waals surface area contributed by atoms with Crippen molar-refractivity contribution in [2.45, 2.75) is 10.1 Å². The molecular weight excluding hydrogens is 417 g/mol. The first-order chi connectivity index (χ1) is 14.8. The Morgan fingerprint density at radius 1 is 1.00 bits per heavy atom. The molecule has 1 amide bonds. The number of rotatable bonds is 5.